The van der Waals surface area contributed by atoms with Crippen LogP contribution in [-0.4, -0.2) is 35.0 Å². The molecule has 1 amide bonds. The maximum absolute atomic E-state index is 12.0. The molecule has 1 fully saturated rings. The van der Waals surface area contributed by atoms with Gasteiger partial charge in [0.25, 0.3) is 5.91 Å². The monoisotopic (exact) mass is 307 g/mol. The lowest BCUT2D eigenvalue weighted by molar-refractivity contribution is 0.0910. The Bertz CT molecular complexity index is 418. The summed E-state index contributed by atoms with van der Waals surface area (Å²) in [7, 11) is 0. The van der Waals surface area contributed by atoms with Crippen LogP contribution in [0.1, 0.15) is 23.8 Å². The summed E-state index contributed by atoms with van der Waals surface area (Å²) in [6.07, 6.45) is 3.86. The Balaban J connectivity index is 0.00000162. The Labute approximate surface area is 124 Å². The van der Waals surface area contributed by atoms with Crippen LogP contribution in [0.3, 0.4) is 0 Å². The van der Waals surface area contributed by atoms with E-state index in [1.807, 2.05) is 0 Å². The molecule has 1 saturated heterocycles. The number of nitrogens with one attached hydrogen (secondary N) is 2. The molecule has 1 aromatic heterocycles. The molecule has 2 rings (SSSR count). The van der Waals surface area contributed by atoms with Gasteiger partial charge in [0, 0.05) is 18.4 Å². The molecule has 19 heavy (non-hydrogen) atoms. The van der Waals surface area contributed by atoms with E-state index in [1.165, 1.54) is 12.4 Å². The molecule has 1 aliphatic heterocycles. The van der Waals surface area contributed by atoms with Crippen molar-refractivity contribution in [1.29, 1.82) is 0 Å². The van der Waals surface area contributed by atoms with Gasteiger partial charge in [-0.05, 0) is 25.4 Å². The molecule has 8 heteroatoms. The second-order valence-electron chi connectivity index (χ2n) is 4.34. The Hall–Kier alpha value is -1.11. The summed E-state index contributed by atoms with van der Waals surface area (Å²) < 4.78 is 0. The predicted molar refractivity (Wildman–Crippen MR) is 78.8 cm³/mol. The molecule has 1 aliphatic rings. The second kappa shape index (κ2) is 8.14. The number of hydrogen-bond acceptors (Lipinski definition) is 5. The number of nitrogen functional groups attached to an aromatic ring is 1. The lowest BCUT2D eigenvalue weighted by atomic mass is 9.95. The second-order valence-corrected chi connectivity index (χ2v) is 4.34. The number of anilines is 1. The van der Waals surface area contributed by atoms with Crippen molar-refractivity contribution in [3.05, 3.63) is 18.1 Å². The van der Waals surface area contributed by atoms with Gasteiger partial charge in [0.15, 0.2) is 11.5 Å². The molecule has 0 aliphatic carbocycles. The highest BCUT2D eigenvalue weighted by molar-refractivity contribution is 5.96. The first-order valence-corrected chi connectivity index (χ1v) is 5.76. The van der Waals surface area contributed by atoms with Gasteiger partial charge in [-0.1, -0.05) is 6.92 Å². The standard InChI is InChI=1S/C11H17N5O.2ClH/c1-7-6-13-3-2-8(7)16-11(17)9-10(12)15-5-4-14-9;;/h4-5,7-8,13H,2-3,6H2,1H3,(H2,12,15)(H,16,17);2*1H. The zero-order valence-electron chi connectivity index (χ0n) is 10.6. The van der Waals surface area contributed by atoms with E-state index in [0.29, 0.717) is 5.92 Å². The smallest absolute Gasteiger partial charge is 0.273 e. The summed E-state index contributed by atoms with van der Waals surface area (Å²) in [5.41, 5.74) is 5.82. The number of amides is 1. The number of piperidine rings is 1. The van der Waals surface area contributed by atoms with Crippen LogP contribution in [0.5, 0.6) is 0 Å². The lowest BCUT2D eigenvalue weighted by Crippen LogP contribution is -2.48. The highest BCUT2D eigenvalue weighted by atomic mass is 35.5. The van der Waals surface area contributed by atoms with Crippen molar-refractivity contribution in [2.24, 2.45) is 5.92 Å². The van der Waals surface area contributed by atoms with Gasteiger partial charge in [-0.25, -0.2) is 9.97 Å². The molecule has 1 aromatic rings. The van der Waals surface area contributed by atoms with Gasteiger partial charge in [0.05, 0.1) is 0 Å². The van der Waals surface area contributed by atoms with Crippen LogP contribution in [0.4, 0.5) is 5.82 Å². The molecule has 4 N–H and O–H groups in total. The largest absolute Gasteiger partial charge is 0.382 e. The molecule has 2 atom stereocenters. The van der Waals surface area contributed by atoms with Crippen molar-refractivity contribution in [3.63, 3.8) is 0 Å². The number of carbonyl (C=O) groups is 1. The van der Waals surface area contributed by atoms with Gasteiger partial charge in [-0.15, -0.1) is 24.8 Å². The topological polar surface area (TPSA) is 92.9 Å². The van der Waals surface area contributed by atoms with Crippen molar-refractivity contribution in [1.82, 2.24) is 20.6 Å². The van der Waals surface area contributed by atoms with Gasteiger partial charge in [0.1, 0.15) is 0 Å². The fourth-order valence-corrected chi connectivity index (χ4v) is 1.99. The van der Waals surface area contributed by atoms with E-state index >= 15 is 0 Å². The molecule has 108 valence electrons. The minimum atomic E-state index is -0.241. The van der Waals surface area contributed by atoms with Gasteiger partial charge >= 0.3 is 0 Å². The number of aromatic nitrogens is 2. The fourth-order valence-electron chi connectivity index (χ4n) is 1.99. The molecular formula is C11H19Cl2N5O. The Kier molecular flexibility index (Phi) is 7.66. The highest BCUT2D eigenvalue weighted by Crippen LogP contribution is 2.12. The third-order valence-corrected chi connectivity index (χ3v) is 3.04. The first kappa shape index (κ1) is 17.9. The molecule has 6 nitrogen and oxygen atoms in total. The van der Waals surface area contributed by atoms with E-state index in [-0.39, 0.29) is 48.3 Å². The first-order valence-electron chi connectivity index (χ1n) is 5.76. The van der Waals surface area contributed by atoms with E-state index < -0.39 is 0 Å². The van der Waals surface area contributed by atoms with Crippen LogP contribution >= 0.6 is 24.8 Å². The van der Waals surface area contributed by atoms with Crippen molar-refractivity contribution in [2.45, 2.75) is 19.4 Å². The number of nitrogens with two attached hydrogens (primary N) is 1. The summed E-state index contributed by atoms with van der Waals surface area (Å²) in [6, 6.07) is 0.171. The number of rotatable bonds is 2. The van der Waals surface area contributed by atoms with Crippen LogP contribution in [-0.2, 0) is 0 Å². The normalized spacial score (nSPS) is 21.7. The quantitative estimate of drug-likeness (QED) is 0.745. The van der Waals surface area contributed by atoms with E-state index in [2.05, 4.69) is 27.5 Å². The maximum atomic E-state index is 12.0. The number of carbonyl (C=O) groups excluding carboxylic acids is 1. The molecular weight excluding hydrogens is 289 g/mol. The molecule has 2 heterocycles. The number of halogens is 2. The van der Waals surface area contributed by atoms with E-state index in [4.69, 9.17) is 5.73 Å². The van der Waals surface area contributed by atoms with E-state index in [1.54, 1.807) is 0 Å². The zero-order chi connectivity index (χ0) is 12.3. The van der Waals surface area contributed by atoms with Crippen molar-refractivity contribution >= 4 is 36.5 Å². The molecule has 2 unspecified atom stereocenters. The van der Waals surface area contributed by atoms with Crippen LogP contribution in [0.2, 0.25) is 0 Å². The minimum Gasteiger partial charge on any atom is -0.382 e. The highest BCUT2D eigenvalue weighted by Gasteiger charge is 2.24. The fraction of sp³-hybridized carbons (Fsp3) is 0.545. The average Bonchev–Trinajstić information content (AvgIpc) is 2.32. The van der Waals surface area contributed by atoms with Crippen LogP contribution in [0.15, 0.2) is 12.4 Å². The first-order chi connectivity index (χ1) is 8.18. The van der Waals surface area contributed by atoms with Crippen LogP contribution in [0.25, 0.3) is 0 Å². The van der Waals surface area contributed by atoms with Gasteiger partial charge < -0.3 is 16.4 Å². The predicted octanol–water partition coefficient (Wildman–Crippen LogP) is 0.630. The Morgan fingerprint density at radius 3 is 2.74 bits per heavy atom. The molecule has 0 aromatic carbocycles. The lowest BCUT2D eigenvalue weighted by Gasteiger charge is -2.30. The SMILES string of the molecule is CC1CNCCC1NC(=O)c1nccnc1N.Cl.Cl. The summed E-state index contributed by atoms with van der Waals surface area (Å²) in [5.74, 6) is 0.339. The van der Waals surface area contributed by atoms with Crippen molar-refractivity contribution in [3.8, 4) is 0 Å². The van der Waals surface area contributed by atoms with Crippen LogP contribution in [0, 0.1) is 5.92 Å². The van der Waals surface area contributed by atoms with Crippen LogP contribution < -0.4 is 16.4 Å². The van der Waals surface area contributed by atoms with Gasteiger partial charge in [0.2, 0.25) is 0 Å². The summed E-state index contributed by atoms with van der Waals surface area (Å²) in [6.45, 7) is 3.95. The molecule has 0 bridgehead atoms. The molecule has 0 spiro atoms. The van der Waals surface area contributed by atoms with E-state index in [9.17, 15) is 4.79 Å². The van der Waals surface area contributed by atoms with Crippen molar-refractivity contribution < 1.29 is 4.79 Å². The average molecular weight is 308 g/mol. The maximum Gasteiger partial charge on any atom is 0.273 e. The minimum absolute atomic E-state index is 0. The summed E-state index contributed by atoms with van der Waals surface area (Å²) in [4.78, 5) is 19.8. The zero-order valence-corrected chi connectivity index (χ0v) is 12.3. The van der Waals surface area contributed by atoms with Gasteiger partial charge in [-0.2, -0.15) is 0 Å². The number of hydrogen-bond donors (Lipinski definition) is 3. The van der Waals surface area contributed by atoms with Crippen molar-refractivity contribution in [2.75, 3.05) is 18.8 Å². The molecule has 0 saturated carbocycles. The van der Waals surface area contributed by atoms with Gasteiger partial charge in [-0.3, -0.25) is 4.79 Å². The molecule has 0 radical (unpaired) electrons. The third-order valence-electron chi connectivity index (χ3n) is 3.04. The third kappa shape index (κ3) is 4.49. The summed E-state index contributed by atoms with van der Waals surface area (Å²) >= 11 is 0. The summed E-state index contributed by atoms with van der Waals surface area (Å²) in [5, 5.41) is 6.25. The Morgan fingerprint density at radius 2 is 2.11 bits per heavy atom. The Morgan fingerprint density at radius 1 is 1.42 bits per heavy atom. The van der Waals surface area contributed by atoms with E-state index in [0.717, 1.165) is 19.5 Å². The number of nitrogens with zero attached hydrogens (tertiary/aromatic N) is 2.